The van der Waals surface area contributed by atoms with E-state index in [-0.39, 0.29) is 11.6 Å². The van der Waals surface area contributed by atoms with Gasteiger partial charge in [0.15, 0.2) is 0 Å². The van der Waals surface area contributed by atoms with Gasteiger partial charge in [0.1, 0.15) is 5.82 Å². The fourth-order valence-electron chi connectivity index (χ4n) is 2.59. The molecule has 2 rings (SSSR count). The van der Waals surface area contributed by atoms with Gasteiger partial charge in [0.05, 0.1) is 30.1 Å². The van der Waals surface area contributed by atoms with E-state index in [0.29, 0.717) is 18.5 Å². The molecule has 0 aliphatic heterocycles. The third kappa shape index (κ3) is 3.54. The molecule has 0 amide bonds. The van der Waals surface area contributed by atoms with Gasteiger partial charge in [-0.15, -0.1) is 0 Å². The summed E-state index contributed by atoms with van der Waals surface area (Å²) in [6.45, 7) is 6.16. The van der Waals surface area contributed by atoms with Crippen LogP contribution in [0.1, 0.15) is 38.6 Å². The summed E-state index contributed by atoms with van der Waals surface area (Å²) in [7, 11) is 1.64. The summed E-state index contributed by atoms with van der Waals surface area (Å²) in [6, 6.07) is 7.59. The average Bonchev–Trinajstić information content (AvgIpc) is 2.55. The minimum absolute atomic E-state index is 0.00870. The monoisotopic (exact) mass is 303 g/mol. The number of ether oxygens (including phenoxy) is 1. The van der Waals surface area contributed by atoms with Crippen molar-refractivity contribution in [2.24, 2.45) is 0 Å². The number of para-hydroxylation sites is 1. The minimum atomic E-state index is 0.00870. The molecule has 22 heavy (non-hydrogen) atoms. The van der Waals surface area contributed by atoms with E-state index in [1.54, 1.807) is 11.7 Å². The first kappa shape index (κ1) is 16.6. The van der Waals surface area contributed by atoms with Crippen LogP contribution in [0.3, 0.4) is 0 Å². The van der Waals surface area contributed by atoms with E-state index in [2.05, 4.69) is 19.2 Å². The fourth-order valence-corrected chi connectivity index (χ4v) is 2.59. The lowest BCUT2D eigenvalue weighted by molar-refractivity contribution is 0.184. The Balaban J connectivity index is 2.55. The molecule has 0 fully saturated rings. The summed E-state index contributed by atoms with van der Waals surface area (Å²) in [5.74, 6) is 0.803. The molecule has 1 unspecified atom stereocenters. The minimum Gasteiger partial charge on any atom is -0.383 e. The van der Waals surface area contributed by atoms with Crippen LogP contribution >= 0.6 is 0 Å². The van der Waals surface area contributed by atoms with Gasteiger partial charge >= 0.3 is 0 Å². The van der Waals surface area contributed by atoms with Crippen LogP contribution < -0.4 is 10.9 Å². The first-order valence-corrected chi connectivity index (χ1v) is 7.94. The molecule has 1 N–H and O–H groups in total. The van der Waals surface area contributed by atoms with E-state index < -0.39 is 0 Å². The van der Waals surface area contributed by atoms with Gasteiger partial charge in [-0.05, 0) is 31.5 Å². The molecule has 120 valence electrons. The lowest BCUT2D eigenvalue weighted by Crippen LogP contribution is -2.33. The second-order valence-corrected chi connectivity index (χ2v) is 5.35. The molecule has 5 heteroatoms. The maximum Gasteiger partial charge on any atom is 0.261 e. The standard InChI is InChI=1S/C17H25N3O2/c1-4-10-18-14(5-2)16-19-15-9-7-6-8-13(15)17(21)20(16)11-12-22-3/h6-9,14,18H,4-5,10-12H2,1-3H3. The Morgan fingerprint density at radius 2 is 2.09 bits per heavy atom. The molecule has 0 aliphatic carbocycles. The van der Waals surface area contributed by atoms with E-state index >= 15 is 0 Å². The Labute approximate surface area is 131 Å². The van der Waals surface area contributed by atoms with Crippen molar-refractivity contribution >= 4 is 10.9 Å². The van der Waals surface area contributed by atoms with Gasteiger partial charge in [-0.1, -0.05) is 26.0 Å². The number of nitrogens with zero attached hydrogens (tertiary/aromatic N) is 2. The summed E-state index contributed by atoms with van der Waals surface area (Å²) in [5.41, 5.74) is 0.766. The van der Waals surface area contributed by atoms with E-state index in [1.165, 1.54) is 0 Å². The zero-order valence-corrected chi connectivity index (χ0v) is 13.6. The fraction of sp³-hybridized carbons (Fsp3) is 0.529. The summed E-state index contributed by atoms with van der Waals surface area (Å²) in [6.07, 6.45) is 1.93. The number of benzene rings is 1. The molecule has 0 spiro atoms. The first-order chi connectivity index (χ1) is 10.7. The molecule has 1 atom stereocenters. The largest absolute Gasteiger partial charge is 0.383 e. The van der Waals surface area contributed by atoms with Crippen LogP contribution in [0.25, 0.3) is 10.9 Å². The van der Waals surface area contributed by atoms with Crippen LogP contribution in [0.15, 0.2) is 29.1 Å². The Morgan fingerprint density at radius 3 is 2.77 bits per heavy atom. The van der Waals surface area contributed by atoms with Crippen LogP contribution in [0, 0.1) is 0 Å². The second-order valence-electron chi connectivity index (χ2n) is 5.35. The number of nitrogens with one attached hydrogen (secondary N) is 1. The molecule has 5 nitrogen and oxygen atoms in total. The van der Waals surface area contributed by atoms with Gasteiger partial charge in [0.25, 0.3) is 5.56 Å². The van der Waals surface area contributed by atoms with Gasteiger partial charge in [0.2, 0.25) is 0 Å². The highest BCUT2D eigenvalue weighted by Crippen LogP contribution is 2.16. The Morgan fingerprint density at radius 1 is 1.32 bits per heavy atom. The molecule has 0 bridgehead atoms. The van der Waals surface area contributed by atoms with Gasteiger partial charge in [-0.2, -0.15) is 0 Å². The average molecular weight is 303 g/mol. The lowest BCUT2D eigenvalue weighted by Gasteiger charge is -2.21. The molecule has 0 radical (unpaired) electrons. The van der Waals surface area contributed by atoms with Gasteiger partial charge in [0, 0.05) is 7.11 Å². The third-order valence-electron chi connectivity index (χ3n) is 3.77. The van der Waals surface area contributed by atoms with Crippen molar-refractivity contribution in [3.63, 3.8) is 0 Å². The predicted octanol–water partition coefficient (Wildman–Crippen LogP) is 2.49. The molecule has 1 aromatic carbocycles. The molecule has 0 saturated heterocycles. The SMILES string of the molecule is CCCNC(CC)c1nc2ccccc2c(=O)n1CCOC. The smallest absolute Gasteiger partial charge is 0.261 e. The zero-order chi connectivity index (χ0) is 15.9. The van der Waals surface area contributed by atoms with Crippen molar-refractivity contribution < 1.29 is 4.74 Å². The zero-order valence-electron chi connectivity index (χ0n) is 13.6. The Bertz CT molecular complexity index is 666. The van der Waals surface area contributed by atoms with Gasteiger partial charge < -0.3 is 10.1 Å². The molecule has 1 heterocycles. The van der Waals surface area contributed by atoms with Crippen LogP contribution in [0.5, 0.6) is 0 Å². The highest BCUT2D eigenvalue weighted by molar-refractivity contribution is 5.77. The van der Waals surface area contributed by atoms with Gasteiger partial charge in [-0.25, -0.2) is 4.98 Å². The summed E-state index contributed by atoms with van der Waals surface area (Å²) in [5, 5.41) is 4.14. The van der Waals surface area contributed by atoms with Crippen molar-refractivity contribution in [1.29, 1.82) is 0 Å². The van der Waals surface area contributed by atoms with Crippen LogP contribution in [-0.2, 0) is 11.3 Å². The second kappa shape index (κ2) is 8.06. The van der Waals surface area contributed by atoms with Crippen molar-refractivity contribution in [1.82, 2.24) is 14.9 Å². The normalized spacial score (nSPS) is 12.7. The van der Waals surface area contributed by atoms with Crippen LogP contribution in [0.4, 0.5) is 0 Å². The number of hydrogen-bond acceptors (Lipinski definition) is 4. The number of rotatable bonds is 8. The third-order valence-corrected chi connectivity index (χ3v) is 3.77. The van der Waals surface area contributed by atoms with Crippen molar-refractivity contribution in [3.05, 3.63) is 40.4 Å². The lowest BCUT2D eigenvalue weighted by atomic mass is 10.1. The predicted molar refractivity (Wildman–Crippen MR) is 89.2 cm³/mol. The molecule has 0 saturated carbocycles. The maximum atomic E-state index is 12.8. The van der Waals surface area contributed by atoms with Crippen molar-refractivity contribution in [3.8, 4) is 0 Å². The molecule has 2 aromatic rings. The first-order valence-electron chi connectivity index (χ1n) is 7.94. The van der Waals surface area contributed by atoms with E-state index in [4.69, 9.17) is 9.72 Å². The maximum absolute atomic E-state index is 12.8. The van der Waals surface area contributed by atoms with Gasteiger partial charge in [-0.3, -0.25) is 9.36 Å². The molecular formula is C17H25N3O2. The summed E-state index contributed by atoms with van der Waals surface area (Å²) >= 11 is 0. The number of methoxy groups -OCH3 is 1. The summed E-state index contributed by atoms with van der Waals surface area (Å²) < 4.78 is 6.91. The highest BCUT2D eigenvalue weighted by Gasteiger charge is 2.18. The number of aromatic nitrogens is 2. The Kier molecular flexibility index (Phi) is 6.10. The molecular weight excluding hydrogens is 278 g/mol. The Hall–Kier alpha value is -1.72. The van der Waals surface area contributed by atoms with Crippen molar-refractivity contribution in [2.75, 3.05) is 20.3 Å². The van der Waals surface area contributed by atoms with Crippen molar-refractivity contribution in [2.45, 2.75) is 39.3 Å². The quantitative estimate of drug-likeness (QED) is 0.814. The van der Waals surface area contributed by atoms with E-state index in [1.807, 2.05) is 24.3 Å². The topological polar surface area (TPSA) is 56.2 Å². The molecule has 0 aliphatic rings. The van der Waals surface area contributed by atoms with Crippen LogP contribution in [0.2, 0.25) is 0 Å². The highest BCUT2D eigenvalue weighted by atomic mass is 16.5. The number of hydrogen-bond donors (Lipinski definition) is 1. The van der Waals surface area contributed by atoms with E-state index in [9.17, 15) is 4.79 Å². The number of fused-ring (bicyclic) bond motifs is 1. The summed E-state index contributed by atoms with van der Waals surface area (Å²) in [4.78, 5) is 17.5. The van der Waals surface area contributed by atoms with Crippen LogP contribution in [-0.4, -0.2) is 29.8 Å². The molecule has 1 aromatic heterocycles. The van der Waals surface area contributed by atoms with E-state index in [0.717, 1.165) is 30.7 Å².